The molecule has 9 heteroatoms. The molecule has 0 spiro atoms. The van der Waals surface area contributed by atoms with E-state index in [4.69, 9.17) is 11.6 Å². The summed E-state index contributed by atoms with van der Waals surface area (Å²) in [5, 5.41) is 4.53. The molecule has 2 aromatic heterocycles. The van der Waals surface area contributed by atoms with Gasteiger partial charge in [-0.05, 0) is 29.8 Å². The summed E-state index contributed by atoms with van der Waals surface area (Å²) in [4.78, 5) is 32.4. The van der Waals surface area contributed by atoms with Crippen molar-refractivity contribution < 1.29 is 4.79 Å². The molecule has 0 aliphatic carbocycles. The fourth-order valence-corrected chi connectivity index (χ4v) is 4.83. The number of rotatable bonds is 2. The van der Waals surface area contributed by atoms with Gasteiger partial charge >= 0.3 is 0 Å². The summed E-state index contributed by atoms with van der Waals surface area (Å²) in [6.07, 6.45) is 1.33. The number of nitrogens with zero attached hydrogens (tertiary/aromatic N) is 4. The third kappa shape index (κ3) is 2.60. The average Bonchev–Trinajstić information content (AvgIpc) is 3.32. The molecular weight excluding hydrogens is 464 g/mol. The molecule has 0 unspecified atom stereocenters. The summed E-state index contributed by atoms with van der Waals surface area (Å²) < 4.78 is 2.37. The Morgan fingerprint density at radius 1 is 1.14 bits per heavy atom. The van der Waals surface area contributed by atoms with Crippen LogP contribution in [-0.2, 0) is 11.3 Å². The maximum atomic E-state index is 13.4. The maximum Gasteiger partial charge on any atom is 0.291 e. The molecule has 0 atom stereocenters. The average molecular weight is 474 g/mol. The van der Waals surface area contributed by atoms with Crippen molar-refractivity contribution >= 4 is 61.0 Å². The Hall–Kier alpha value is -2.55. The van der Waals surface area contributed by atoms with Crippen LogP contribution < -0.4 is 15.0 Å². The van der Waals surface area contributed by atoms with Crippen molar-refractivity contribution in [2.24, 2.45) is 0 Å². The second-order valence-electron chi connectivity index (χ2n) is 6.21. The summed E-state index contributed by atoms with van der Waals surface area (Å²) in [7, 11) is 0. The van der Waals surface area contributed by atoms with Gasteiger partial charge in [-0.2, -0.15) is 9.61 Å². The Morgan fingerprint density at radius 3 is 2.75 bits per heavy atom. The van der Waals surface area contributed by atoms with E-state index < -0.39 is 0 Å². The molecule has 28 heavy (non-hydrogen) atoms. The van der Waals surface area contributed by atoms with Crippen molar-refractivity contribution in [3.8, 4) is 0 Å². The van der Waals surface area contributed by atoms with Gasteiger partial charge in [-0.15, -0.1) is 0 Å². The minimum absolute atomic E-state index is 0.241. The van der Waals surface area contributed by atoms with Crippen LogP contribution in [-0.4, -0.2) is 20.5 Å². The Bertz CT molecular complexity index is 1380. The van der Waals surface area contributed by atoms with Crippen LogP contribution in [0.5, 0.6) is 0 Å². The van der Waals surface area contributed by atoms with Crippen LogP contribution in [0.15, 0.2) is 58.1 Å². The molecule has 1 amide bonds. The summed E-state index contributed by atoms with van der Waals surface area (Å²) in [6, 6.07) is 13.0. The van der Waals surface area contributed by atoms with E-state index in [1.165, 1.54) is 10.8 Å². The van der Waals surface area contributed by atoms with Crippen LogP contribution in [0.4, 0.5) is 5.69 Å². The molecular formula is C19H10BrClN4O2S. The lowest BCUT2D eigenvalue weighted by Crippen LogP contribution is -2.32. The molecule has 4 aromatic rings. The van der Waals surface area contributed by atoms with E-state index in [2.05, 4.69) is 26.0 Å². The number of halogens is 2. The summed E-state index contributed by atoms with van der Waals surface area (Å²) in [5.41, 5.74) is 2.30. The van der Waals surface area contributed by atoms with Crippen LogP contribution in [0.3, 0.4) is 0 Å². The molecule has 0 N–H and O–H groups in total. The molecule has 0 saturated carbocycles. The topological polar surface area (TPSA) is 67.6 Å². The summed E-state index contributed by atoms with van der Waals surface area (Å²) in [5.74, 6) is -0.241. The highest BCUT2D eigenvalue weighted by atomic mass is 79.9. The van der Waals surface area contributed by atoms with Gasteiger partial charge in [0.2, 0.25) is 4.96 Å². The first-order valence-electron chi connectivity index (χ1n) is 8.26. The number of carbonyl (C=O) groups is 1. The molecule has 0 radical (unpaired) electrons. The number of anilines is 1. The highest BCUT2D eigenvalue weighted by Crippen LogP contribution is 2.38. The Balaban J connectivity index is 1.76. The van der Waals surface area contributed by atoms with E-state index in [0.29, 0.717) is 32.2 Å². The van der Waals surface area contributed by atoms with Crippen molar-refractivity contribution in [3.05, 3.63) is 84.3 Å². The first-order chi connectivity index (χ1) is 13.5. The molecule has 1 aliphatic rings. The van der Waals surface area contributed by atoms with Gasteiger partial charge in [0.25, 0.3) is 11.5 Å². The molecule has 2 aromatic carbocycles. The smallest absolute Gasteiger partial charge is 0.291 e. The van der Waals surface area contributed by atoms with Gasteiger partial charge in [-0.25, -0.2) is 4.98 Å². The Labute approximate surface area is 175 Å². The predicted octanol–water partition coefficient (Wildman–Crippen LogP) is 3.03. The second-order valence-corrected chi connectivity index (χ2v) is 8.51. The second kappa shape index (κ2) is 6.51. The SMILES string of the molecule is O=C1C(=c2sc3ncnn3c2=O)c2cc(Br)ccc2N1Cc1ccccc1Cl. The van der Waals surface area contributed by atoms with E-state index in [-0.39, 0.29) is 11.5 Å². The highest BCUT2D eigenvalue weighted by Gasteiger charge is 2.34. The number of benzene rings is 2. The van der Waals surface area contributed by atoms with Gasteiger partial charge in [0.05, 0.1) is 17.8 Å². The normalized spacial score (nSPS) is 15.5. The van der Waals surface area contributed by atoms with E-state index in [1.54, 1.807) is 11.0 Å². The van der Waals surface area contributed by atoms with Gasteiger partial charge < -0.3 is 4.90 Å². The van der Waals surface area contributed by atoms with Crippen LogP contribution in [0, 0.1) is 0 Å². The maximum absolute atomic E-state index is 13.4. The largest absolute Gasteiger partial charge is 0.303 e. The number of fused-ring (bicyclic) bond motifs is 2. The van der Waals surface area contributed by atoms with Crippen molar-refractivity contribution in [2.75, 3.05) is 4.90 Å². The quantitative estimate of drug-likeness (QED) is 0.449. The zero-order valence-corrected chi connectivity index (χ0v) is 17.3. The van der Waals surface area contributed by atoms with E-state index in [9.17, 15) is 9.59 Å². The highest BCUT2D eigenvalue weighted by molar-refractivity contribution is 9.10. The van der Waals surface area contributed by atoms with E-state index in [1.807, 2.05) is 36.4 Å². The predicted molar refractivity (Wildman–Crippen MR) is 112 cm³/mol. The number of carbonyl (C=O) groups excluding carboxylic acids is 1. The Kier molecular flexibility index (Phi) is 4.08. The first kappa shape index (κ1) is 17.5. The third-order valence-corrected chi connectivity index (χ3v) is 6.49. The third-order valence-electron chi connectivity index (χ3n) is 4.59. The van der Waals surface area contributed by atoms with E-state index in [0.717, 1.165) is 27.1 Å². The summed E-state index contributed by atoms with van der Waals surface area (Å²) in [6.45, 7) is 0.311. The van der Waals surface area contributed by atoms with Crippen molar-refractivity contribution in [1.29, 1.82) is 0 Å². The van der Waals surface area contributed by atoms with Gasteiger partial charge in [0.15, 0.2) is 0 Å². The first-order valence-corrected chi connectivity index (χ1v) is 10.3. The van der Waals surface area contributed by atoms with Crippen LogP contribution >= 0.6 is 38.9 Å². The van der Waals surface area contributed by atoms with Crippen LogP contribution in [0.1, 0.15) is 11.1 Å². The van der Waals surface area contributed by atoms with Gasteiger partial charge in [-0.3, -0.25) is 9.59 Å². The fraction of sp³-hybridized carbons (Fsp3) is 0.0526. The Morgan fingerprint density at radius 2 is 1.96 bits per heavy atom. The molecule has 1 aliphatic heterocycles. The number of hydrogen-bond donors (Lipinski definition) is 0. The zero-order valence-electron chi connectivity index (χ0n) is 14.1. The lowest BCUT2D eigenvalue weighted by Gasteiger charge is -2.18. The molecule has 6 nitrogen and oxygen atoms in total. The van der Waals surface area contributed by atoms with Gasteiger partial charge in [0, 0.05) is 15.1 Å². The van der Waals surface area contributed by atoms with Gasteiger partial charge in [0.1, 0.15) is 10.9 Å². The minimum Gasteiger partial charge on any atom is -0.303 e. The summed E-state index contributed by atoms with van der Waals surface area (Å²) >= 11 is 10.9. The standard InChI is InChI=1S/C19H10BrClN4O2S/c20-11-5-6-14-12(7-11)15(16-18(27)25-19(28-16)22-9-23-25)17(26)24(14)8-10-3-1-2-4-13(10)21/h1-7,9H,8H2. The molecule has 5 rings (SSSR count). The van der Waals surface area contributed by atoms with Crippen molar-refractivity contribution in [2.45, 2.75) is 6.54 Å². The lowest BCUT2D eigenvalue weighted by molar-refractivity contribution is -0.113. The van der Waals surface area contributed by atoms with Gasteiger partial charge in [-0.1, -0.05) is 57.1 Å². The fourth-order valence-electron chi connectivity index (χ4n) is 3.31. The van der Waals surface area contributed by atoms with Crippen molar-refractivity contribution in [1.82, 2.24) is 14.6 Å². The monoisotopic (exact) mass is 472 g/mol. The zero-order chi connectivity index (χ0) is 19.4. The number of hydrogen-bond acceptors (Lipinski definition) is 5. The number of thiazole rings is 1. The lowest BCUT2D eigenvalue weighted by atomic mass is 10.1. The molecule has 3 heterocycles. The van der Waals surface area contributed by atoms with Crippen molar-refractivity contribution in [3.63, 3.8) is 0 Å². The minimum atomic E-state index is -0.341. The van der Waals surface area contributed by atoms with Crippen LogP contribution in [0.25, 0.3) is 10.5 Å². The van der Waals surface area contributed by atoms with E-state index >= 15 is 0 Å². The number of aromatic nitrogens is 3. The van der Waals surface area contributed by atoms with Crippen LogP contribution in [0.2, 0.25) is 5.02 Å². The number of amides is 1. The molecule has 0 saturated heterocycles. The molecule has 138 valence electrons. The molecule has 0 fully saturated rings. The molecule has 0 bridgehead atoms.